The molecule has 0 heterocycles. The lowest BCUT2D eigenvalue weighted by Gasteiger charge is -2.23. The van der Waals surface area contributed by atoms with E-state index in [1.165, 1.54) is 0 Å². The number of likely N-dealkylation sites (N-methyl/N-ethyl adjacent to an activating group) is 1. The number of quaternary nitrogens is 1. The summed E-state index contributed by atoms with van der Waals surface area (Å²) in [6.45, 7) is 1.24. The average molecular weight is 257 g/mol. The molecule has 4 heteroatoms. The zero-order valence-corrected chi connectivity index (χ0v) is 11.3. The van der Waals surface area contributed by atoms with Crippen LogP contribution in [0.4, 0.5) is 0 Å². The molecule has 1 rings (SSSR count). The third kappa shape index (κ3) is 5.71. The molecule has 0 aliphatic carbocycles. The number of halogens is 1. The number of carbonyl (C=O) groups is 1. The van der Waals surface area contributed by atoms with Crippen LogP contribution in [0.1, 0.15) is 5.56 Å². The van der Waals surface area contributed by atoms with Crippen LogP contribution in [0.3, 0.4) is 0 Å². The summed E-state index contributed by atoms with van der Waals surface area (Å²) in [5, 5.41) is 0.607. The fourth-order valence-electron chi connectivity index (χ4n) is 1.28. The Morgan fingerprint density at radius 2 is 1.94 bits per heavy atom. The highest BCUT2D eigenvalue weighted by Gasteiger charge is 2.11. The van der Waals surface area contributed by atoms with Gasteiger partial charge in [0, 0.05) is 5.02 Å². The Bertz CT molecular complexity index is 385. The molecule has 3 nitrogen and oxygen atoms in total. The van der Waals surface area contributed by atoms with Crippen molar-refractivity contribution >= 4 is 17.6 Å². The molecular weight excluding hydrogens is 238 g/mol. The second-order valence-corrected chi connectivity index (χ2v) is 5.41. The Hall–Kier alpha value is -1.06. The fourth-order valence-corrected chi connectivity index (χ4v) is 1.48. The van der Waals surface area contributed by atoms with E-state index >= 15 is 0 Å². The van der Waals surface area contributed by atoms with Crippen LogP contribution in [0, 0.1) is 0 Å². The van der Waals surface area contributed by atoms with Gasteiger partial charge in [-0.05, 0) is 11.6 Å². The van der Waals surface area contributed by atoms with Gasteiger partial charge in [-0.15, -0.1) is 0 Å². The van der Waals surface area contributed by atoms with Crippen molar-refractivity contribution in [2.75, 3.05) is 34.3 Å². The highest BCUT2D eigenvalue weighted by atomic mass is 35.5. The highest BCUT2D eigenvalue weighted by molar-refractivity contribution is 6.31. The van der Waals surface area contributed by atoms with Gasteiger partial charge in [0.15, 0.2) is 0 Å². The molecular formula is C13H19ClNO2+. The third-order valence-corrected chi connectivity index (χ3v) is 2.69. The van der Waals surface area contributed by atoms with Crippen LogP contribution in [-0.2, 0) is 16.0 Å². The number of hydrogen-bond donors (Lipinski definition) is 0. The number of hydrogen-bond acceptors (Lipinski definition) is 2. The predicted molar refractivity (Wildman–Crippen MR) is 69.0 cm³/mol. The van der Waals surface area contributed by atoms with Gasteiger partial charge in [-0.3, -0.25) is 4.79 Å². The largest absolute Gasteiger partial charge is 0.459 e. The molecule has 0 saturated heterocycles. The van der Waals surface area contributed by atoms with Crippen LogP contribution in [0.25, 0.3) is 0 Å². The van der Waals surface area contributed by atoms with Gasteiger partial charge >= 0.3 is 5.97 Å². The summed E-state index contributed by atoms with van der Waals surface area (Å²) in [5.41, 5.74) is 0.810. The molecule has 0 saturated carbocycles. The molecule has 0 aromatic heterocycles. The first kappa shape index (κ1) is 14.0. The first-order chi connectivity index (χ1) is 7.88. The number of nitrogens with zero attached hydrogens (tertiary/aromatic N) is 1. The van der Waals surface area contributed by atoms with Gasteiger partial charge in [0.1, 0.15) is 13.2 Å². The molecule has 0 spiro atoms. The van der Waals surface area contributed by atoms with Crippen molar-refractivity contribution in [3.05, 3.63) is 34.9 Å². The summed E-state index contributed by atoms with van der Waals surface area (Å²) >= 11 is 5.96. The lowest BCUT2D eigenvalue weighted by molar-refractivity contribution is -0.870. The molecule has 0 N–H and O–H groups in total. The van der Waals surface area contributed by atoms with Crippen LogP contribution < -0.4 is 0 Å². The summed E-state index contributed by atoms with van der Waals surface area (Å²) < 4.78 is 5.94. The van der Waals surface area contributed by atoms with Crippen molar-refractivity contribution in [1.29, 1.82) is 0 Å². The summed E-state index contributed by atoms with van der Waals surface area (Å²) in [4.78, 5) is 11.6. The minimum Gasteiger partial charge on any atom is -0.459 e. The lowest BCUT2D eigenvalue weighted by Crippen LogP contribution is -2.38. The van der Waals surface area contributed by atoms with E-state index in [-0.39, 0.29) is 12.4 Å². The summed E-state index contributed by atoms with van der Waals surface area (Å²) in [6, 6.07) is 7.31. The highest BCUT2D eigenvalue weighted by Crippen LogP contribution is 2.15. The fraction of sp³-hybridized carbons (Fsp3) is 0.462. The molecule has 1 aromatic rings. The average Bonchev–Trinajstić information content (AvgIpc) is 2.19. The van der Waals surface area contributed by atoms with Crippen LogP contribution in [0.2, 0.25) is 5.02 Å². The van der Waals surface area contributed by atoms with E-state index in [1.807, 2.05) is 18.2 Å². The standard InChI is InChI=1S/C13H19ClNO2/c1-15(2,3)8-9-17-13(16)10-11-6-4-5-7-12(11)14/h4-7H,8-10H2,1-3H3/q+1. The van der Waals surface area contributed by atoms with E-state index in [2.05, 4.69) is 21.1 Å². The second-order valence-electron chi connectivity index (χ2n) is 5.00. The minimum atomic E-state index is -0.230. The van der Waals surface area contributed by atoms with Crippen molar-refractivity contribution in [3.63, 3.8) is 0 Å². The maximum atomic E-state index is 11.6. The van der Waals surface area contributed by atoms with Gasteiger partial charge in [0.05, 0.1) is 27.6 Å². The lowest BCUT2D eigenvalue weighted by atomic mass is 10.1. The molecule has 17 heavy (non-hydrogen) atoms. The molecule has 0 bridgehead atoms. The number of esters is 1. The van der Waals surface area contributed by atoms with Crippen molar-refractivity contribution in [2.45, 2.75) is 6.42 Å². The Balaban J connectivity index is 2.38. The normalized spacial score (nSPS) is 11.3. The van der Waals surface area contributed by atoms with Crippen LogP contribution in [0.15, 0.2) is 24.3 Å². The Kier molecular flexibility index (Phi) is 4.97. The zero-order chi connectivity index (χ0) is 12.9. The number of benzene rings is 1. The maximum absolute atomic E-state index is 11.6. The second kappa shape index (κ2) is 6.03. The molecule has 0 unspecified atom stereocenters. The van der Waals surface area contributed by atoms with E-state index in [0.29, 0.717) is 11.6 Å². The van der Waals surface area contributed by atoms with E-state index in [4.69, 9.17) is 16.3 Å². The van der Waals surface area contributed by atoms with E-state index < -0.39 is 0 Å². The number of ether oxygens (including phenoxy) is 1. The summed E-state index contributed by atoms with van der Waals surface area (Å²) in [6.07, 6.45) is 0.233. The summed E-state index contributed by atoms with van der Waals surface area (Å²) in [5.74, 6) is -0.230. The van der Waals surface area contributed by atoms with Gasteiger partial charge in [-0.2, -0.15) is 0 Å². The third-order valence-electron chi connectivity index (χ3n) is 2.32. The van der Waals surface area contributed by atoms with Crippen LogP contribution in [-0.4, -0.2) is 44.7 Å². The van der Waals surface area contributed by atoms with Crippen molar-refractivity contribution in [1.82, 2.24) is 0 Å². The van der Waals surface area contributed by atoms with Gasteiger partial charge in [0.25, 0.3) is 0 Å². The Morgan fingerprint density at radius 3 is 2.53 bits per heavy atom. The Labute approximate surface area is 108 Å². The molecule has 0 aliphatic rings. The predicted octanol–water partition coefficient (Wildman–Crippen LogP) is 2.13. The first-order valence-electron chi connectivity index (χ1n) is 5.58. The molecule has 0 radical (unpaired) electrons. The number of carbonyl (C=O) groups excluding carboxylic acids is 1. The van der Waals surface area contributed by atoms with E-state index in [9.17, 15) is 4.79 Å². The maximum Gasteiger partial charge on any atom is 0.310 e. The van der Waals surface area contributed by atoms with Crippen LogP contribution >= 0.6 is 11.6 Å². The smallest absolute Gasteiger partial charge is 0.310 e. The first-order valence-corrected chi connectivity index (χ1v) is 5.96. The van der Waals surface area contributed by atoms with Crippen molar-refractivity contribution < 1.29 is 14.0 Å². The number of rotatable bonds is 5. The van der Waals surface area contributed by atoms with Gasteiger partial charge in [-0.25, -0.2) is 0 Å². The molecule has 0 aliphatic heterocycles. The molecule has 0 atom stereocenters. The van der Waals surface area contributed by atoms with E-state index in [0.717, 1.165) is 16.6 Å². The van der Waals surface area contributed by atoms with Gasteiger partial charge < -0.3 is 9.22 Å². The monoisotopic (exact) mass is 256 g/mol. The van der Waals surface area contributed by atoms with E-state index in [1.54, 1.807) is 6.07 Å². The molecule has 94 valence electrons. The minimum absolute atomic E-state index is 0.230. The van der Waals surface area contributed by atoms with Crippen molar-refractivity contribution in [3.8, 4) is 0 Å². The van der Waals surface area contributed by atoms with Crippen molar-refractivity contribution in [2.24, 2.45) is 0 Å². The SMILES string of the molecule is C[N+](C)(C)CCOC(=O)Cc1ccccc1Cl. The summed E-state index contributed by atoms with van der Waals surface area (Å²) in [7, 11) is 6.17. The van der Waals surface area contributed by atoms with Crippen LogP contribution in [0.5, 0.6) is 0 Å². The molecule has 0 fully saturated rings. The molecule has 0 amide bonds. The topological polar surface area (TPSA) is 26.3 Å². The Morgan fingerprint density at radius 1 is 1.29 bits per heavy atom. The quantitative estimate of drug-likeness (QED) is 0.596. The zero-order valence-electron chi connectivity index (χ0n) is 10.6. The van der Waals surface area contributed by atoms with Gasteiger partial charge in [0.2, 0.25) is 0 Å². The molecule has 1 aromatic carbocycles. The van der Waals surface area contributed by atoms with Gasteiger partial charge in [-0.1, -0.05) is 29.8 Å².